The molecule has 0 aromatic carbocycles. The van der Waals surface area contributed by atoms with Crippen LogP contribution in [0.15, 0.2) is 15.3 Å². The van der Waals surface area contributed by atoms with Gasteiger partial charge in [-0.3, -0.25) is 4.79 Å². The normalized spacial score (nSPS) is 23.5. The van der Waals surface area contributed by atoms with Crippen molar-refractivity contribution in [2.75, 3.05) is 13.1 Å². The van der Waals surface area contributed by atoms with Gasteiger partial charge in [-0.2, -0.15) is 0 Å². The molecule has 1 aliphatic rings. The number of morpholine rings is 1. The summed E-state index contributed by atoms with van der Waals surface area (Å²) in [6.45, 7) is 8.41. The predicted molar refractivity (Wildman–Crippen MR) is 70.4 cm³/mol. The molecule has 2 heterocycles. The van der Waals surface area contributed by atoms with Crippen molar-refractivity contribution in [2.24, 2.45) is 0 Å². The second-order valence-corrected chi connectivity index (χ2v) is 5.15. The summed E-state index contributed by atoms with van der Waals surface area (Å²) in [5.41, 5.74) is 0.724. The molecule has 0 unspecified atom stereocenters. The van der Waals surface area contributed by atoms with Crippen LogP contribution in [-0.2, 0) is 4.74 Å². The summed E-state index contributed by atoms with van der Waals surface area (Å²) in [6, 6.07) is 1.35. The molecule has 5 nitrogen and oxygen atoms in total. The van der Waals surface area contributed by atoms with Crippen LogP contribution in [0.5, 0.6) is 0 Å². The van der Waals surface area contributed by atoms with Crippen LogP contribution >= 0.6 is 0 Å². The average Bonchev–Trinajstić information content (AvgIpc) is 2.25. The molecule has 0 bridgehead atoms. The van der Waals surface area contributed by atoms with Crippen molar-refractivity contribution in [3.8, 4) is 0 Å². The number of rotatable bonds is 1. The van der Waals surface area contributed by atoms with Crippen molar-refractivity contribution in [2.45, 2.75) is 39.9 Å². The molecule has 1 saturated heterocycles. The van der Waals surface area contributed by atoms with Crippen molar-refractivity contribution in [1.29, 1.82) is 0 Å². The van der Waals surface area contributed by atoms with Crippen LogP contribution in [0.1, 0.15) is 35.5 Å². The number of ether oxygens (including phenoxy) is 1. The summed E-state index contributed by atoms with van der Waals surface area (Å²) in [7, 11) is 0. The Morgan fingerprint density at radius 3 is 2.37 bits per heavy atom. The molecule has 104 valence electrons. The van der Waals surface area contributed by atoms with E-state index in [0.717, 1.165) is 0 Å². The first-order chi connectivity index (χ1) is 8.88. The standard InChI is InChI=1S/C14H19NO4/c1-8-5-12(16)19-11(4)13(8)14(17)15-6-9(2)18-10(3)7-15/h5,9-10H,6-7H2,1-4H3/t9-,10-/m1/s1. The zero-order chi connectivity index (χ0) is 14.2. The number of carbonyl (C=O) groups is 1. The molecule has 0 spiro atoms. The van der Waals surface area contributed by atoms with Crippen LogP contribution in [0.2, 0.25) is 0 Å². The van der Waals surface area contributed by atoms with Crippen LogP contribution in [0, 0.1) is 13.8 Å². The highest BCUT2D eigenvalue weighted by molar-refractivity contribution is 5.96. The molecule has 0 aliphatic carbocycles. The van der Waals surface area contributed by atoms with Crippen LogP contribution in [0.4, 0.5) is 0 Å². The third kappa shape index (κ3) is 2.87. The molecule has 19 heavy (non-hydrogen) atoms. The summed E-state index contributed by atoms with van der Waals surface area (Å²) >= 11 is 0. The Bertz CT molecular complexity index is 513. The van der Waals surface area contributed by atoms with Crippen LogP contribution in [0.3, 0.4) is 0 Å². The van der Waals surface area contributed by atoms with Crippen molar-refractivity contribution in [3.63, 3.8) is 0 Å². The molecular formula is C14H19NO4. The lowest BCUT2D eigenvalue weighted by molar-refractivity contribution is -0.0587. The molecule has 5 heteroatoms. The summed E-state index contributed by atoms with van der Waals surface area (Å²) in [6.07, 6.45) is 0.0352. The first-order valence-electron chi connectivity index (χ1n) is 6.44. The van der Waals surface area contributed by atoms with E-state index in [4.69, 9.17) is 9.15 Å². The van der Waals surface area contributed by atoms with E-state index in [9.17, 15) is 9.59 Å². The zero-order valence-corrected chi connectivity index (χ0v) is 11.7. The van der Waals surface area contributed by atoms with Crippen molar-refractivity contribution in [3.05, 3.63) is 33.4 Å². The number of aryl methyl sites for hydroxylation is 2. The van der Waals surface area contributed by atoms with Crippen LogP contribution in [-0.4, -0.2) is 36.1 Å². The Balaban J connectivity index is 2.32. The van der Waals surface area contributed by atoms with Crippen molar-refractivity contribution >= 4 is 5.91 Å². The Morgan fingerprint density at radius 2 is 1.84 bits per heavy atom. The number of amides is 1. The number of nitrogens with zero attached hydrogens (tertiary/aromatic N) is 1. The lowest BCUT2D eigenvalue weighted by Gasteiger charge is -2.35. The molecular weight excluding hydrogens is 246 g/mol. The molecule has 2 rings (SSSR count). The SMILES string of the molecule is Cc1cc(=O)oc(C)c1C(=O)N1C[C@@H](C)O[C@H](C)C1. The third-order valence-corrected chi connectivity index (χ3v) is 3.26. The van der Waals surface area contributed by atoms with Gasteiger partial charge in [0.05, 0.1) is 17.8 Å². The minimum atomic E-state index is -0.421. The highest BCUT2D eigenvalue weighted by Gasteiger charge is 2.28. The smallest absolute Gasteiger partial charge is 0.336 e. The topological polar surface area (TPSA) is 59.8 Å². The van der Waals surface area contributed by atoms with Gasteiger partial charge in [0.1, 0.15) is 5.76 Å². The van der Waals surface area contributed by atoms with E-state index in [1.807, 2.05) is 13.8 Å². The lowest BCUT2D eigenvalue weighted by atomic mass is 10.1. The Labute approximate surface area is 112 Å². The molecule has 1 aromatic rings. The lowest BCUT2D eigenvalue weighted by Crippen LogP contribution is -2.48. The molecule has 1 amide bonds. The third-order valence-electron chi connectivity index (χ3n) is 3.26. The molecule has 0 radical (unpaired) electrons. The second kappa shape index (κ2) is 5.17. The molecule has 2 atom stereocenters. The molecule has 1 aromatic heterocycles. The highest BCUT2D eigenvalue weighted by atomic mass is 16.5. The number of carbonyl (C=O) groups excluding carboxylic acids is 1. The Hall–Kier alpha value is -1.62. The zero-order valence-electron chi connectivity index (χ0n) is 11.7. The van der Waals surface area contributed by atoms with Gasteiger partial charge < -0.3 is 14.1 Å². The summed E-state index contributed by atoms with van der Waals surface area (Å²) < 4.78 is 10.6. The maximum atomic E-state index is 12.6. The Kier molecular flexibility index (Phi) is 3.75. The van der Waals surface area contributed by atoms with E-state index in [0.29, 0.717) is 30.0 Å². The largest absolute Gasteiger partial charge is 0.427 e. The molecule has 0 N–H and O–H groups in total. The Morgan fingerprint density at radius 1 is 1.26 bits per heavy atom. The number of hydrogen-bond acceptors (Lipinski definition) is 4. The van der Waals surface area contributed by atoms with Gasteiger partial charge in [-0.1, -0.05) is 0 Å². The van der Waals surface area contributed by atoms with Gasteiger partial charge in [0.15, 0.2) is 0 Å². The van der Waals surface area contributed by atoms with Crippen LogP contribution < -0.4 is 5.63 Å². The van der Waals surface area contributed by atoms with E-state index >= 15 is 0 Å². The van der Waals surface area contributed by atoms with Gasteiger partial charge in [-0.25, -0.2) is 4.79 Å². The van der Waals surface area contributed by atoms with Crippen LogP contribution in [0.25, 0.3) is 0 Å². The highest BCUT2D eigenvalue weighted by Crippen LogP contribution is 2.18. The first-order valence-corrected chi connectivity index (χ1v) is 6.44. The van der Waals surface area contributed by atoms with Gasteiger partial charge in [-0.15, -0.1) is 0 Å². The molecule has 1 aliphatic heterocycles. The molecule has 0 saturated carbocycles. The minimum absolute atomic E-state index is 0.0176. The van der Waals surface area contributed by atoms with E-state index in [1.165, 1.54) is 6.07 Å². The maximum absolute atomic E-state index is 12.6. The predicted octanol–water partition coefficient (Wildman–Crippen LogP) is 1.51. The van der Waals surface area contributed by atoms with Gasteiger partial charge in [-0.05, 0) is 33.3 Å². The van der Waals surface area contributed by atoms with E-state index in [2.05, 4.69) is 0 Å². The maximum Gasteiger partial charge on any atom is 0.336 e. The van der Waals surface area contributed by atoms with Crippen molar-refractivity contribution < 1.29 is 13.9 Å². The van der Waals surface area contributed by atoms with Gasteiger partial charge in [0.25, 0.3) is 5.91 Å². The fraction of sp³-hybridized carbons (Fsp3) is 0.571. The molecule has 1 fully saturated rings. The second-order valence-electron chi connectivity index (χ2n) is 5.15. The van der Waals surface area contributed by atoms with Gasteiger partial charge in [0.2, 0.25) is 0 Å². The van der Waals surface area contributed by atoms with Gasteiger partial charge in [0, 0.05) is 19.2 Å². The van der Waals surface area contributed by atoms with Crippen molar-refractivity contribution in [1.82, 2.24) is 4.90 Å². The quantitative estimate of drug-likeness (QED) is 0.772. The van der Waals surface area contributed by atoms with E-state index in [1.54, 1.807) is 18.7 Å². The number of hydrogen-bond donors (Lipinski definition) is 0. The van der Waals surface area contributed by atoms with Gasteiger partial charge >= 0.3 is 5.63 Å². The fourth-order valence-electron chi connectivity index (χ4n) is 2.58. The summed E-state index contributed by atoms with van der Waals surface area (Å²) in [5.74, 6) is 0.280. The van der Waals surface area contributed by atoms with E-state index < -0.39 is 5.63 Å². The average molecular weight is 265 g/mol. The summed E-state index contributed by atoms with van der Waals surface area (Å²) in [5, 5.41) is 0. The first kappa shape index (κ1) is 13.8. The fourth-order valence-corrected chi connectivity index (χ4v) is 2.58. The minimum Gasteiger partial charge on any atom is -0.427 e. The summed E-state index contributed by atoms with van der Waals surface area (Å²) in [4.78, 5) is 25.6. The monoisotopic (exact) mass is 265 g/mol. The van der Waals surface area contributed by atoms with E-state index in [-0.39, 0.29) is 18.1 Å².